The highest BCUT2D eigenvalue weighted by atomic mass is 15.2. The number of hydrogen-bond donors (Lipinski definition) is 0. The first-order valence-electron chi connectivity index (χ1n) is 14.6. The Morgan fingerprint density at radius 2 is 0.864 bits per heavy atom. The van der Waals surface area contributed by atoms with E-state index < -0.39 is 0 Å². The molecule has 0 amide bonds. The lowest BCUT2D eigenvalue weighted by Crippen LogP contribution is -2.11. The molecule has 6 heteroatoms. The highest BCUT2D eigenvalue weighted by molar-refractivity contribution is 6.10. The van der Waals surface area contributed by atoms with Crippen LogP contribution in [0, 0.1) is 0 Å². The average molecular weight is 565 g/mol. The third-order valence-corrected chi connectivity index (χ3v) is 8.29. The van der Waals surface area contributed by atoms with E-state index in [1.807, 2.05) is 24.3 Å². The van der Waals surface area contributed by atoms with Crippen LogP contribution >= 0.6 is 0 Å². The monoisotopic (exact) mass is 564 g/mol. The fourth-order valence-corrected chi connectivity index (χ4v) is 6.43. The summed E-state index contributed by atoms with van der Waals surface area (Å²) in [4.78, 5) is 20.3. The minimum atomic E-state index is 0.567. The number of aromatic nitrogens is 6. The molecular formula is C38H24N6. The smallest absolute Gasteiger partial charge is 0.237 e. The van der Waals surface area contributed by atoms with Gasteiger partial charge in [-0.25, -0.2) is 15.0 Å². The molecule has 9 rings (SSSR count). The van der Waals surface area contributed by atoms with Gasteiger partial charge in [0.15, 0.2) is 11.6 Å². The van der Waals surface area contributed by atoms with Crippen LogP contribution in [0.5, 0.6) is 0 Å². The molecule has 44 heavy (non-hydrogen) atoms. The Morgan fingerprint density at radius 3 is 1.39 bits per heavy atom. The maximum atomic E-state index is 5.46. The van der Waals surface area contributed by atoms with Gasteiger partial charge in [-0.2, -0.15) is 4.98 Å². The van der Waals surface area contributed by atoms with Crippen LogP contribution < -0.4 is 0 Å². The van der Waals surface area contributed by atoms with Gasteiger partial charge < -0.3 is 0 Å². The van der Waals surface area contributed by atoms with Gasteiger partial charge in [0.05, 0.1) is 33.3 Å². The Balaban J connectivity index is 1.50. The van der Waals surface area contributed by atoms with Crippen LogP contribution in [-0.4, -0.2) is 29.1 Å². The van der Waals surface area contributed by atoms with E-state index in [4.69, 9.17) is 19.9 Å². The van der Waals surface area contributed by atoms with Crippen LogP contribution in [0.1, 0.15) is 0 Å². The molecule has 0 aliphatic rings. The predicted octanol–water partition coefficient (Wildman–Crippen LogP) is 8.79. The summed E-state index contributed by atoms with van der Waals surface area (Å²) in [6.45, 7) is 0. The van der Waals surface area contributed by atoms with E-state index in [0.717, 1.165) is 66.3 Å². The molecule has 5 aromatic carbocycles. The van der Waals surface area contributed by atoms with Crippen LogP contribution in [-0.2, 0) is 0 Å². The topological polar surface area (TPSA) is 61.4 Å². The maximum Gasteiger partial charge on any atom is 0.237 e. The molecule has 0 aliphatic carbocycles. The van der Waals surface area contributed by atoms with Gasteiger partial charge in [-0.15, -0.1) is 0 Å². The second-order valence-electron chi connectivity index (χ2n) is 10.7. The Hall–Kier alpha value is -6.14. The number of rotatable bonds is 4. The zero-order valence-electron chi connectivity index (χ0n) is 23.5. The molecule has 0 aliphatic heterocycles. The first-order valence-corrected chi connectivity index (χ1v) is 14.6. The van der Waals surface area contributed by atoms with Gasteiger partial charge in [0.25, 0.3) is 0 Å². The lowest BCUT2D eigenvalue weighted by molar-refractivity contribution is 0.949. The average Bonchev–Trinajstić information content (AvgIpc) is 3.62. The molecule has 0 saturated heterocycles. The van der Waals surface area contributed by atoms with E-state index in [1.54, 1.807) is 12.4 Å². The molecule has 0 unspecified atom stereocenters. The van der Waals surface area contributed by atoms with Gasteiger partial charge in [-0.1, -0.05) is 103 Å². The van der Waals surface area contributed by atoms with Crippen molar-refractivity contribution in [1.29, 1.82) is 0 Å². The molecule has 0 bridgehead atoms. The fraction of sp³-hybridized carbons (Fsp3) is 0. The molecule has 0 saturated carbocycles. The third-order valence-electron chi connectivity index (χ3n) is 8.29. The summed E-state index contributed by atoms with van der Waals surface area (Å²) in [6, 6.07) is 45.9. The highest BCUT2D eigenvalue weighted by Crippen LogP contribution is 2.40. The zero-order valence-corrected chi connectivity index (χ0v) is 23.5. The van der Waals surface area contributed by atoms with E-state index in [-0.39, 0.29) is 0 Å². The lowest BCUT2D eigenvalue weighted by atomic mass is 10.1. The van der Waals surface area contributed by atoms with Gasteiger partial charge in [-0.05, 0) is 30.3 Å². The van der Waals surface area contributed by atoms with E-state index >= 15 is 0 Å². The number of hydrogen-bond acceptors (Lipinski definition) is 4. The second-order valence-corrected chi connectivity index (χ2v) is 10.7. The molecule has 0 fully saturated rings. The number of fused-ring (bicyclic) bond motifs is 6. The van der Waals surface area contributed by atoms with Crippen molar-refractivity contribution in [3.05, 3.63) is 146 Å². The van der Waals surface area contributed by atoms with Crippen molar-refractivity contribution < 1.29 is 0 Å². The summed E-state index contributed by atoms with van der Waals surface area (Å²) < 4.78 is 4.41. The predicted molar refractivity (Wildman–Crippen MR) is 177 cm³/mol. The van der Waals surface area contributed by atoms with Crippen LogP contribution in [0.15, 0.2) is 146 Å². The van der Waals surface area contributed by atoms with Crippen molar-refractivity contribution in [2.75, 3.05) is 0 Å². The first kappa shape index (κ1) is 24.5. The molecule has 0 N–H and O–H groups in total. The third kappa shape index (κ3) is 3.61. The minimum absolute atomic E-state index is 0.567. The largest absolute Gasteiger partial charge is 0.293 e. The van der Waals surface area contributed by atoms with Crippen molar-refractivity contribution in [2.24, 2.45) is 0 Å². The van der Waals surface area contributed by atoms with Gasteiger partial charge in [0.2, 0.25) is 5.95 Å². The SMILES string of the molecule is c1ccc(-c2nc(-n3c4ccccc4c4ccccc43)nc(-n3c4ccccc4c4ccccc43)c2-c2ncccn2)cc1. The standard InChI is InChI=1S/C38H24N6/c1-2-13-25(14-3-1)35-34(36-39-23-12-24-40-36)37(43-30-19-8-4-15-26(30)27-16-5-9-20-31(27)43)42-38(41-35)44-32-21-10-6-17-28(32)29-18-7-11-22-33(29)44/h1-24H. The molecule has 4 heterocycles. The maximum absolute atomic E-state index is 5.46. The molecule has 0 spiro atoms. The van der Waals surface area contributed by atoms with Gasteiger partial charge in [0.1, 0.15) is 0 Å². The normalized spacial score (nSPS) is 11.6. The fourth-order valence-electron chi connectivity index (χ4n) is 6.43. The number of para-hydroxylation sites is 4. The molecule has 0 radical (unpaired) electrons. The second kappa shape index (κ2) is 9.71. The van der Waals surface area contributed by atoms with Crippen LogP contribution in [0.3, 0.4) is 0 Å². The lowest BCUT2D eigenvalue weighted by Gasteiger charge is -2.18. The summed E-state index contributed by atoms with van der Waals surface area (Å²) >= 11 is 0. The van der Waals surface area contributed by atoms with Gasteiger partial charge >= 0.3 is 0 Å². The molecule has 9 aromatic rings. The molecule has 4 aromatic heterocycles. The molecule has 206 valence electrons. The summed E-state index contributed by atoms with van der Waals surface area (Å²) in [6.07, 6.45) is 3.54. The van der Waals surface area contributed by atoms with E-state index in [0.29, 0.717) is 11.8 Å². The number of benzene rings is 5. The van der Waals surface area contributed by atoms with Crippen LogP contribution in [0.2, 0.25) is 0 Å². The van der Waals surface area contributed by atoms with Crippen LogP contribution in [0.25, 0.3) is 78.0 Å². The summed E-state index contributed by atoms with van der Waals surface area (Å²) in [5, 5.41) is 4.62. The van der Waals surface area contributed by atoms with Crippen molar-refractivity contribution in [3.8, 4) is 34.4 Å². The van der Waals surface area contributed by atoms with Gasteiger partial charge in [-0.3, -0.25) is 9.13 Å². The van der Waals surface area contributed by atoms with E-state index in [2.05, 4.69) is 118 Å². The van der Waals surface area contributed by atoms with Crippen molar-refractivity contribution in [1.82, 2.24) is 29.1 Å². The molecular weight excluding hydrogens is 540 g/mol. The first-order chi connectivity index (χ1) is 21.9. The number of nitrogens with zero attached hydrogens (tertiary/aromatic N) is 6. The molecule has 6 nitrogen and oxygen atoms in total. The summed E-state index contributed by atoms with van der Waals surface area (Å²) in [5.74, 6) is 1.87. The van der Waals surface area contributed by atoms with Crippen molar-refractivity contribution in [2.45, 2.75) is 0 Å². The van der Waals surface area contributed by atoms with Crippen molar-refractivity contribution in [3.63, 3.8) is 0 Å². The Labute approximate surface area is 252 Å². The summed E-state index contributed by atoms with van der Waals surface area (Å²) in [5.41, 5.74) is 6.69. The molecule has 0 atom stereocenters. The minimum Gasteiger partial charge on any atom is -0.293 e. The van der Waals surface area contributed by atoms with Gasteiger partial charge in [0, 0.05) is 39.5 Å². The zero-order chi connectivity index (χ0) is 29.0. The van der Waals surface area contributed by atoms with Crippen LogP contribution in [0.4, 0.5) is 0 Å². The highest BCUT2D eigenvalue weighted by Gasteiger charge is 2.25. The van der Waals surface area contributed by atoms with Crippen molar-refractivity contribution >= 4 is 43.6 Å². The Kier molecular flexibility index (Phi) is 5.40. The Morgan fingerprint density at radius 1 is 0.409 bits per heavy atom. The quantitative estimate of drug-likeness (QED) is 0.214. The van der Waals surface area contributed by atoms with E-state index in [9.17, 15) is 0 Å². The Bertz CT molecular complexity index is 2390. The van der Waals surface area contributed by atoms with E-state index in [1.165, 1.54) is 0 Å². The summed E-state index contributed by atoms with van der Waals surface area (Å²) in [7, 11) is 0.